The van der Waals surface area contributed by atoms with E-state index in [1.54, 1.807) is 0 Å². The molecular formula is C13H22N2O3. The fourth-order valence-electron chi connectivity index (χ4n) is 2.24. The molecule has 0 aromatic carbocycles. The molecule has 5 nitrogen and oxygen atoms in total. The van der Waals surface area contributed by atoms with Crippen molar-refractivity contribution >= 4 is 11.9 Å². The lowest BCUT2D eigenvalue weighted by Crippen LogP contribution is -2.39. The van der Waals surface area contributed by atoms with E-state index >= 15 is 0 Å². The van der Waals surface area contributed by atoms with E-state index in [0.717, 1.165) is 25.1 Å². The highest BCUT2D eigenvalue weighted by atomic mass is 16.4. The third-order valence-electron chi connectivity index (χ3n) is 3.18. The summed E-state index contributed by atoms with van der Waals surface area (Å²) in [4.78, 5) is 24.4. The lowest BCUT2D eigenvalue weighted by Gasteiger charge is -2.26. The van der Waals surface area contributed by atoms with Gasteiger partial charge >= 0.3 is 5.97 Å². The van der Waals surface area contributed by atoms with E-state index in [0.29, 0.717) is 19.4 Å². The molecule has 102 valence electrons. The molecule has 2 N–H and O–H groups in total. The molecule has 1 aliphatic rings. The van der Waals surface area contributed by atoms with Crippen LogP contribution in [0.4, 0.5) is 0 Å². The molecular weight excluding hydrogens is 232 g/mol. The van der Waals surface area contributed by atoms with Gasteiger partial charge in [-0.15, -0.1) is 0 Å². The van der Waals surface area contributed by atoms with Crippen molar-refractivity contribution in [1.29, 1.82) is 0 Å². The fourth-order valence-corrected chi connectivity index (χ4v) is 2.24. The van der Waals surface area contributed by atoms with E-state index in [-0.39, 0.29) is 5.91 Å². The number of hydrogen-bond acceptors (Lipinski definition) is 3. The molecule has 0 aromatic rings. The molecule has 0 aliphatic carbocycles. The van der Waals surface area contributed by atoms with Gasteiger partial charge in [0.25, 0.3) is 0 Å². The van der Waals surface area contributed by atoms with Gasteiger partial charge in [0.2, 0.25) is 5.91 Å². The average molecular weight is 254 g/mol. The highest BCUT2D eigenvalue weighted by Gasteiger charge is 2.31. The smallest absolute Gasteiger partial charge is 0.326 e. The maximum absolute atomic E-state index is 11.4. The number of amides is 1. The molecule has 0 bridgehead atoms. The summed E-state index contributed by atoms with van der Waals surface area (Å²) in [5.74, 6) is -0.769. The number of nitrogens with one attached hydrogen (secondary N) is 1. The lowest BCUT2D eigenvalue weighted by molar-refractivity contribution is -0.141. The summed E-state index contributed by atoms with van der Waals surface area (Å²) in [6.45, 7) is 5.00. The summed E-state index contributed by atoms with van der Waals surface area (Å²) in [5.41, 5.74) is 0.893. The second kappa shape index (κ2) is 7.03. The van der Waals surface area contributed by atoms with Crippen LogP contribution >= 0.6 is 0 Å². The van der Waals surface area contributed by atoms with E-state index in [9.17, 15) is 9.59 Å². The van der Waals surface area contributed by atoms with Gasteiger partial charge in [0.1, 0.15) is 6.04 Å². The first-order valence-corrected chi connectivity index (χ1v) is 6.51. The van der Waals surface area contributed by atoms with Crippen LogP contribution in [0, 0.1) is 0 Å². The van der Waals surface area contributed by atoms with E-state index in [2.05, 4.69) is 5.32 Å². The van der Waals surface area contributed by atoms with Crippen LogP contribution in [0.5, 0.6) is 0 Å². The van der Waals surface area contributed by atoms with Crippen molar-refractivity contribution in [1.82, 2.24) is 10.2 Å². The van der Waals surface area contributed by atoms with Gasteiger partial charge in [-0.25, -0.2) is 4.79 Å². The quantitative estimate of drug-likeness (QED) is 0.751. The van der Waals surface area contributed by atoms with E-state index in [4.69, 9.17) is 5.11 Å². The Morgan fingerprint density at radius 1 is 1.50 bits per heavy atom. The molecule has 1 rings (SSSR count). The number of allylic oxidation sites excluding steroid dienone is 1. The number of carboxylic acid groups (broad SMARTS) is 1. The monoisotopic (exact) mass is 254 g/mol. The van der Waals surface area contributed by atoms with Crippen molar-refractivity contribution in [3.05, 3.63) is 11.8 Å². The zero-order chi connectivity index (χ0) is 13.5. The van der Waals surface area contributed by atoms with Crippen molar-refractivity contribution in [2.24, 2.45) is 0 Å². The topological polar surface area (TPSA) is 69.6 Å². The summed E-state index contributed by atoms with van der Waals surface area (Å²) in [6, 6.07) is -0.445. The first-order valence-electron chi connectivity index (χ1n) is 6.51. The average Bonchev–Trinajstić information content (AvgIpc) is 2.79. The minimum absolute atomic E-state index is 0.0166. The van der Waals surface area contributed by atoms with Crippen molar-refractivity contribution in [2.75, 3.05) is 13.1 Å². The molecule has 0 spiro atoms. The van der Waals surface area contributed by atoms with Gasteiger partial charge in [0.15, 0.2) is 0 Å². The predicted molar refractivity (Wildman–Crippen MR) is 69.0 cm³/mol. The van der Waals surface area contributed by atoms with Gasteiger partial charge in [-0.05, 0) is 26.2 Å². The predicted octanol–water partition coefficient (Wildman–Crippen LogP) is 1.36. The molecule has 5 heteroatoms. The second-order valence-corrected chi connectivity index (χ2v) is 4.50. The van der Waals surface area contributed by atoms with Gasteiger partial charge in [-0.1, -0.05) is 13.0 Å². The Labute approximate surface area is 108 Å². The number of carboxylic acids is 1. The molecule has 1 aliphatic heterocycles. The van der Waals surface area contributed by atoms with Crippen LogP contribution in [0.3, 0.4) is 0 Å². The summed E-state index contributed by atoms with van der Waals surface area (Å²) in [7, 11) is 0. The minimum Gasteiger partial charge on any atom is -0.480 e. The second-order valence-electron chi connectivity index (χ2n) is 4.50. The fraction of sp³-hybridized carbons (Fsp3) is 0.692. The third-order valence-corrected chi connectivity index (χ3v) is 3.18. The summed E-state index contributed by atoms with van der Waals surface area (Å²) in [6.07, 6.45) is 4.78. The Bertz CT molecular complexity index is 339. The van der Waals surface area contributed by atoms with Crippen LogP contribution in [0.15, 0.2) is 11.8 Å². The zero-order valence-corrected chi connectivity index (χ0v) is 11.1. The number of nitrogens with zero attached hydrogens (tertiary/aromatic N) is 1. The van der Waals surface area contributed by atoms with Crippen LogP contribution in [-0.2, 0) is 9.59 Å². The van der Waals surface area contributed by atoms with Crippen molar-refractivity contribution in [3.63, 3.8) is 0 Å². The first-order chi connectivity index (χ1) is 8.60. The van der Waals surface area contributed by atoms with Gasteiger partial charge in [-0.2, -0.15) is 0 Å². The standard InChI is InChI=1S/C13H22N2O3/c1-3-6-12(16)14-9-10(4-2)15-8-5-7-11(15)13(17)18/h4,11H,3,5-9H2,1-2H3,(H,14,16)(H,17,18)/b10-4-. The van der Waals surface area contributed by atoms with Gasteiger partial charge in [0.05, 0.1) is 6.54 Å². The van der Waals surface area contributed by atoms with Crippen LogP contribution in [-0.4, -0.2) is 41.0 Å². The van der Waals surface area contributed by atoms with E-state index in [1.807, 2.05) is 24.8 Å². The van der Waals surface area contributed by atoms with Crippen molar-refractivity contribution in [3.8, 4) is 0 Å². The van der Waals surface area contributed by atoms with E-state index < -0.39 is 12.0 Å². The summed E-state index contributed by atoms with van der Waals surface area (Å²) >= 11 is 0. The Morgan fingerprint density at radius 2 is 2.22 bits per heavy atom. The lowest BCUT2D eigenvalue weighted by atomic mass is 10.2. The maximum atomic E-state index is 11.4. The van der Waals surface area contributed by atoms with Crippen LogP contribution < -0.4 is 5.32 Å². The Balaban J connectivity index is 2.56. The molecule has 1 unspecified atom stereocenters. The van der Waals surface area contributed by atoms with Crippen molar-refractivity contribution in [2.45, 2.75) is 45.6 Å². The normalized spacial score (nSPS) is 20.0. The number of carbonyl (C=O) groups excluding carboxylic acids is 1. The molecule has 1 atom stereocenters. The summed E-state index contributed by atoms with van der Waals surface area (Å²) in [5, 5.41) is 12.0. The SMILES string of the molecule is C/C=C(/CNC(=O)CCC)N1CCCC1C(=O)O. The third kappa shape index (κ3) is 3.75. The van der Waals surface area contributed by atoms with Gasteiger partial charge in [0, 0.05) is 18.7 Å². The largest absolute Gasteiger partial charge is 0.480 e. The Kier molecular flexibility index (Phi) is 5.68. The highest BCUT2D eigenvalue weighted by molar-refractivity contribution is 5.76. The van der Waals surface area contributed by atoms with Gasteiger partial charge in [-0.3, -0.25) is 4.79 Å². The molecule has 1 heterocycles. The minimum atomic E-state index is -0.785. The van der Waals surface area contributed by atoms with E-state index in [1.165, 1.54) is 0 Å². The molecule has 1 saturated heterocycles. The molecule has 0 saturated carbocycles. The number of carbonyl (C=O) groups is 2. The van der Waals surface area contributed by atoms with Gasteiger partial charge < -0.3 is 15.3 Å². The van der Waals surface area contributed by atoms with Crippen molar-refractivity contribution < 1.29 is 14.7 Å². The Morgan fingerprint density at radius 3 is 2.78 bits per heavy atom. The number of likely N-dealkylation sites (tertiary alicyclic amines) is 1. The molecule has 1 fully saturated rings. The van der Waals surface area contributed by atoms with Crippen LogP contribution in [0.1, 0.15) is 39.5 Å². The zero-order valence-electron chi connectivity index (χ0n) is 11.1. The highest BCUT2D eigenvalue weighted by Crippen LogP contribution is 2.22. The van der Waals surface area contributed by atoms with Crippen LogP contribution in [0.2, 0.25) is 0 Å². The first kappa shape index (κ1) is 14.5. The number of aliphatic carboxylic acids is 1. The maximum Gasteiger partial charge on any atom is 0.326 e. The molecule has 0 aromatic heterocycles. The summed E-state index contributed by atoms with van der Waals surface area (Å²) < 4.78 is 0. The number of hydrogen-bond donors (Lipinski definition) is 2. The molecule has 0 radical (unpaired) electrons. The number of rotatable bonds is 6. The molecule has 1 amide bonds. The Hall–Kier alpha value is -1.52. The molecule has 18 heavy (non-hydrogen) atoms. The van der Waals surface area contributed by atoms with Crippen LogP contribution in [0.25, 0.3) is 0 Å².